The first-order valence-electron chi connectivity index (χ1n) is 9.04. The number of fused-ring (bicyclic) bond motifs is 1. The average molecular weight is 342 g/mol. The molecule has 134 valence electrons. The molecule has 1 N–H and O–H groups in total. The number of carbonyl (C=O) groups is 1. The van der Waals surface area contributed by atoms with Crippen LogP contribution in [0.4, 0.5) is 0 Å². The number of aryl methyl sites for hydroxylation is 1. The van der Waals surface area contributed by atoms with E-state index in [1.807, 2.05) is 6.92 Å². The van der Waals surface area contributed by atoms with E-state index in [9.17, 15) is 9.59 Å². The lowest BCUT2D eigenvalue weighted by molar-refractivity contribution is 0.0526. The summed E-state index contributed by atoms with van der Waals surface area (Å²) in [5.41, 5.74) is 2.88. The number of aromatic nitrogens is 1. The van der Waals surface area contributed by atoms with Crippen LogP contribution in [0.2, 0.25) is 0 Å². The minimum absolute atomic E-state index is 0.00984. The van der Waals surface area contributed by atoms with E-state index < -0.39 is 5.97 Å². The zero-order chi connectivity index (χ0) is 18.0. The second kappa shape index (κ2) is 7.40. The van der Waals surface area contributed by atoms with Crippen molar-refractivity contribution >= 4 is 16.9 Å². The van der Waals surface area contributed by atoms with Crippen LogP contribution in [0.3, 0.4) is 0 Å². The molecule has 0 radical (unpaired) electrons. The number of nitrogens with one attached hydrogen (secondary N) is 1. The third-order valence-electron chi connectivity index (χ3n) is 4.95. The quantitative estimate of drug-likeness (QED) is 0.867. The molecule has 5 heteroatoms. The highest BCUT2D eigenvalue weighted by atomic mass is 16.5. The lowest BCUT2D eigenvalue weighted by Crippen LogP contribution is -2.35. The van der Waals surface area contributed by atoms with Crippen molar-refractivity contribution in [1.29, 1.82) is 0 Å². The van der Waals surface area contributed by atoms with E-state index in [0.717, 1.165) is 29.9 Å². The van der Waals surface area contributed by atoms with Crippen molar-refractivity contribution in [3.8, 4) is 0 Å². The molecule has 1 aromatic carbocycles. The summed E-state index contributed by atoms with van der Waals surface area (Å²) in [5.74, 6) is 0.278. The van der Waals surface area contributed by atoms with E-state index in [4.69, 9.17) is 4.74 Å². The molecule has 1 aliphatic rings. The monoisotopic (exact) mass is 342 g/mol. The molecule has 1 fully saturated rings. The van der Waals surface area contributed by atoms with Gasteiger partial charge in [0.2, 0.25) is 0 Å². The lowest BCUT2D eigenvalue weighted by Gasteiger charge is -2.31. The van der Waals surface area contributed by atoms with E-state index in [1.165, 1.54) is 12.8 Å². The van der Waals surface area contributed by atoms with Crippen molar-refractivity contribution in [3.05, 3.63) is 45.2 Å². The number of hydrogen-bond acceptors (Lipinski definition) is 4. The first-order valence-corrected chi connectivity index (χ1v) is 9.04. The summed E-state index contributed by atoms with van der Waals surface area (Å²) in [5, 5.41) is 0.552. The highest BCUT2D eigenvalue weighted by Gasteiger charge is 2.19. The Balaban J connectivity index is 1.98. The Morgan fingerprint density at radius 1 is 1.40 bits per heavy atom. The van der Waals surface area contributed by atoms with Gasteiger partial charge in [0.15, 0.2) is 5.43 Å². The molecule has 1 saturated heterocycles. The van der Waals surface area contributed by atoms with Gasteiger partial charge in [0.05, 0.1) is 12.2 Å². The minimum Gasteiger partial charge on any atom is -0.462 e. The van der Waals surface area contributed by atoms with Crippen molar-refractivity contribution in [2.24, 2.45) is 5.92 Å². The van der Waals surface area contributed by atoms with Crippen molar-refractivity contribution in [2.45, 2.75) is 40.2 Å². The first kappa shape index (κ1) is 17.7. The van der Waals surface area contributed by atoms with Gasteiger partial charge in [-0.2, -0.15) is 0 Å². The summed E-state index contributed by atoms with van der Waals surface area (Å²) in [6, 6.07) is 5.12. The molecule has 0 bridgehead atoms. The number of likely N-dealkylation sites (tertiary alicyclic amines) is 1. The predicted octanol–water partition coefficient (Wildman–Crippen LogP) is 3.25. The molecule has 0 spiro atoms. The first-order chi connectivity index (χ1) is 12.0. The number of ether oxygens (including phenoxy) is 1. The third kappa shape index (κ3) is 3.76. The van der Waals surface area contributed by atoms with Gasteiger partial charge in [-0.1, -0.05) is 6.92 Å². The number of esters is 1. The van der Waals surface area contributed by atoms with Crippen molar-refractivity contribution in [2.75, 3.05) is 19.7 Å². The van der Waals surface area contributed by atoms with Gasteiger partial charge in [0.25, 0.3) is 0 Å². The fourth-order valence-electron chi connectivity index (χ4n) is 3.64. The maximum Gasteiger partial charge on any atom is 0.338 e. The molecule has 1 aromatic heterocycles. The van der Waals surface area contributed by atoms with Gasteiger partial charge < -0.3 is 9.72 Å². The molecule has 5 nitrogen and oxygen atoms in total. The molecule has 1 atom stereocenters. The van der Waals surface area contributed by atoms with E-state index in [1.54, 1.807) is 25.1 Å². The highest BCUT2D eigenvalue weighted by molar-refractivity contribution is 5.94. The summed E-state index contributed by atoms with van der Waals surface area (Å²) in [4.78, 5) is 30.7. The van der Waals surface area contributed by atoms with Gasteiger partial charge in [-0.25, -0.2) is 4.79 Å². The summed E-state index contributed by atoms with van der Waals surface area (Å²) >= 11 is 0. The van der Waals surface area contributed by atoms with E-state index in [2.05, 4.69) is 16.8 Å². The number of pyridine rings is 1. The summed E-state index contributed by atoms with van der Waals surface area (Å²) < 4.78 is 5.04. The fourth-order valence-corrected chi connectivity index (χ4v) is 3.64. The Bertz CT molecular complexity index is 841. The molecule has 3 rings (SSSR count). The molecule has 1 aliphatic heterocycles. The van der Waals surface area contributed by atoms with Gasteiger partial charge in [0.1, 0.15) is 0 Å². The van der Waals surface area contributed by atoms with Crippen molar-refractivity contribution in [3.63, 3.8) is 0 Å². The SMILES string of the molecule is CCOC(=O)c1ccc2[nH]c(C)c(CN3CCC[C@H](C)C3)c(=O)c2c1. The van der Waals surface area contributed by atoms with Crippen LogP contribution in [0.1, 0.15) is 48.3 Å². The Hall–Kier alpha value is -2.14. The van der Waals surface area contributed by atoms with Crippen LogP contribution in [0.25, 0.3) is 10.9 Å². The Labute approximate surface area is 148 Å². The molecule has 2 aromatic rings. The number of aromatic amines is 1. The minimum atomic E-state index is -0.393. The van der Waals surface area contributed by atoms with Crippen LogP contribution in [0.15, 0.2) is 23.0 Å². The summed E-state index contributed by atoms with van der Waals surface area (Å²) in [7, 11) is 0. The standard InChI is InChI=1S/C20H26N2O3/c1-4-25-20(24)15-7-8-18-16(10-15)19(23)17(14(3)21-18)12-22-9-5-6-13(2)11-22/h7-8,10,13H,4-6,9,11-12H2,1-3H3,(H,21,23)/t13-/m0/s1. The predicted molar refractivity (Wildman–Crippen MR) is 98.9 cm³/mol. The number of nitrogens with zero attached hydrogens (tertiary/aromatic N) is 1. The fraction of sp³-hybridized carbons (Fsp3) is 0.500. The van der Waals surface area contributed by atoms with E-state index >= 15 is 0 Å². The summed E-state index contributed by atoms with van der Waals surface area (Å²) in [6.07, 6.45) is 2.44. The highest BCUT2D eigenvalue weighted by Crippen LogP contribution is 2.19. The van der Waals surface area contributed by atoms with Crippen LogP contribution in [0.5, 0.6) is 0 Å². The maximum absolute atomic E-state index is 13.0. The Morgan fingerprint density at radius 3 is 2.92 bits per heavy atom. The van der Waals surface area contributed by atoms with Crippen molar-refractivity contribution < 1.29 is 9.53 Å². The molecule has 0 aliphatic carbocycles. The Morgan fingerprint density at radius 2 is 2.20 bits per heavy atom. The molecule has 25 heavy (non-hydrogen) atoms. The Kier molecular flexibility index (Phi) is 5.23. The van der Waals surface area contributed by atoms with Gasteiger partial charge in [-0.05, 0) is 57.4 Å². The van der Waals surface area contributed by atoms with Crippen LogP contribution in [0, 0.1) is 12.8 Å². The molecule has 0 unspecified atom stereocenters. The van der Waals surface area contributed by atoms with Gasteiger partial charge in [-0.3, -0.25) is 9.69 Å². The molecule has 0 amide bonds. The maximum atomic E-state index is 13.0. The number of benzene rings is 1. The topological polar surface area (TPSA) is 62.4 Å². The average Bonchev–Trinajstić information content (AvgIpc) is 2.58. The molecular weight excluding hydrogens is 316 g/mol. The van der Waals surface area contributed by atoms with Crippen LogP contribution < -0.4 is 5.43 Å². The normalized spacial score (nSPS) is 18.4. The zero-order valence-electron chi connectivity index (χ0n) is 15.2. The lowest BCUT2D eigenvalue weighted by atomic mass is 9.99. The van der Waals surface area contributed by atoms with E-state index in [0.29, 0.717) is 30.0 Å². The third-order valence-corrected chi connectivity index (χ3v) is 4.95. The number of carbonyl (C=O) groups excluding carboxylic acids is 1. The van der Waals surface area contributed by atoms with Crippen LogP contribution >= 0.6 is 0 Å². The number of H-pyrrole nitrogens is 1. The zero-order valence-corrected chi connectivity index (χ0v) is 15.2. The van der Waals surface area contributed by atoms with Gasteiger partial charge in [-0.15, -0.1) is 0 Å². The second-order valence-electron chi connectivity index (χ2n) is 7.02. The largest absolute Gasteiger partial charge is 0.462 e. The number of hydrogen-bond donors (Lipinski definition) is 1. The van der Waals surface area contributed by atoms with Gasteiger partial charge in [0, 0.05) is 35.2 Å². The van der Waals surface area contributed by atoms with Crippen LogP contribution in [-0.4, -0.2) is 35.5 Å². The smallest absolute Gasteiger partial charge is 0.338 e. The molecular formula is C20H26N2O3. The molecule has 0 saturated carbocycles. The molecule has 2 heterocycles. The van der Waals surface area contributed by atoms with Crippen LogP contribution in [-0.2, 0) is 11.3 Å². The van der Waals surface area contributed by atoms with E-state index in [-0.39, 0.29) is 5.43 Å². The second-order valence-corrected chi connectivity index (χ2v) is 7.02. The summed E-state index contributed by atoms with van der Waals surface area (Å²) in [6.45, 7) is 9.01. The van der Waals surface area contributed by atoms with Crippen molar-refractivity contribution in [1.82, 2.24) is 9.88 Å². The number of piperidine rings is 1. The number of rotatable bonds is 4. The van der Waals surface area contributed by atoms with Gasteiger partial charge >= 0.3 is 5.97 Å².